The van der Waals surface area contributed by atoms with Crippen molar-refractivity contribution < 1.29 is 9.53 Å². The largest absolute Gasteiger partial charge is 0.458 e. The Morgan fingerprint density at radius 2 is 2.00 bits per heavy atom. The lowest BCUT2D eigenvalue weighted by Crippen LogP contribution is -2.28. The zero-order valence-electron chi connectivity index (χ0n) is 10.4. The molecule has 0 aliphatic heterocycles. The lowest BCUT2D eigenvalue weighted by atomic mass is 10.1. The van der Waals surface area contributed by atoms with E-state index in [9.17, 15) is 4.79 Å². The van der Waals surface area contributed by atoms with Gasteiger partial charge in [0.05, 0.1) is 5.56 Å². The standard InChI is InChI=1S/C13H19NO2/c1-10-7-5-6-8-12(10)13(15)16-11(2)9-14(3)4/h5-8,11H,9H2,1-4H3/t11-/m0/s1. The predicted octanol–water partition coefficient (Wildman–Crippen LogP) is 2.10. The molecule has 1 aromatic rings. The van der Waals surface area contributed by atoms with Crippen LogP contribution in [0.4, 0.5) is 0 Å². The molecule has 16 heavy (non-hydrogen) atoms. The van der Waals surface area contributed by atoms with E-state index >= 15 is 0 Å². The summed E-state index contributed by atoms with van der Waals surface area (Å²) in [7, 11) is 3.91. The van der Waals surface area contributed by atoms with Crippen LogP contribution < -0.4 is 0 Å². The quantitative estimate of drug-likeness (QED) is 0.729. The molecule has 0 fully saturated rings. The highest BCUT2D eigenvalue weighted by Gasteiger charge is 2.13. The molecule has 3 heteroatoms. The van der Waals surface area contributed by atoms with Gasteiger partial charge in [0.25, 0.3) is 0 Å². The van der Waals surface area contributed by atoms with Gasteiger partial charge in [0.1, 0.15) is 6.10 Å². The Kier molecular flexibility index (Phi) is 4.50. The van der Waals surface area contributed by atoms with Crippen LogP contribution in [0.3, 0.4) is 0 Å². The molecule has 1 rings (SSSR count). The van der Waals surface area contributed by atoms with E-state index in [4.69, 9.17) is 4.74 Å². The molecule has 0 aliphatic rings. The smallest absolute Gasteiger partial charge is 0.338 e. The van der Waals surface area contributed by atoms with E-state index in [1.165, 1.54) is 0 Å². The summed E-state index contributed by atoms with van der Waals surface area (Å²) in [6, 6.07) is 7.46. The topological polar surface area (TPSA) is 29.5 Å². The maximum absolute atomic E-state index is 11.8. The van der Waals surface area contributed by atoms with Gasteiger partial charge < -0.3 is 9.64 Å². The van der Waals surface area contributed by atoms with Gasteiger partial charge in [-0.3, -0.25) is 0 Å². The van der Waals surface area contributed by atoms with Crippen molar-refractivity contribution >= 4 is 5.97 Å². The monoisotopic (exact) mass is 221 g/mol. The zero-order chi connectivity index (χ0) is 12.1. The van der Waals surface area contributed by atoms with Crippen LogP contribution in [0.5, 0.6) is 0 Å². The number of hydrogen-bond acceptors (Lipinski definition) is 3. The second-order valence-corrected chi connectivity index (χ2v) is 4.29. The number of ether oxygens (including phenoxy) is 1. The summed E-state index contributed by atoms with van der Waals surface area (Å²) in [4.78, 5) is 13.8. The predicted molar refractivity (Wildman–Crippen MR) is 64.6 cm³/mol. The van der Waals surface area contributed by atoms with Crippen molar-refractivity contribution in [1.82, 2.24) is 4.90 Å². The fraction of sp³-hybridized carbons (Fsp3) is 0.462. The van der Waals surface area contributed by atoms with Crippen molar-refractivity contribution in [3.05, 3.63) is 35.4 Å². The summed E-state index contributed by atoms with van der Waals surface area (Å²) in [5.41, 5.74) is 1.60. The lowest BCUT2D eigenvalue weighted by Gasteiger charge is -2.17. The molecule has 1 atom stereocenters. The molecule has 0 bridgehead atoms. The number of carbonyl (C=O) groups is 1. The first-order chi connectivity index (χ1) is 7.50. The summed E-state index contributed by atoms with van der Waals surface area (Å²) in [5, 5.41) is 0. The second kappa shape index (κ2) is 5.66. The Morgan fingerprint density at radius 3 is 2.56 bits per heavy atom. The van der Waals surface area contributed by atoms with Crippen molar-refractivity contribution in [2.24, 2.45) is 0 Å². The summed E-state index contributed by atoms with van der Waals surface area (Å²) >= 11 is 0. The van der Waals surface area contributed by atoms with Gasteiger partial charge in [-0.05, 0) is 39.6 Å². The normalized spacial score (nSPS) is 12.6. The minimum Gasteiger partial charge on any atom is -0.458 e. The fourth-order valence-electron chi connectivity index (χ4n) is 1.60. The Morgan fingerprint density at radius 1 is 1.38 bits per heavy atom. The van der Waals surface area contributed by atoms with Crippen LogP contribution in [0.15, 0.2) is 24.3 Å². The van der Waals surface area contributed by atoms with E-state index in [2.05, 4.69) is 0 Å². The third-order valence-electron chi connectivity index (χ3n) is 2.30. The van der Waals surface area contributed by atoms with Gasteiger partial charge >= 0.3 is 5.97 Å². The van der Waals surface area contributed by atoms with Crippen LogP contribution in [0.25, 0.3) is 0 Å². The highest BCUT2D eigenvalue weighted by Crippen LogP contribution is 2.10. The van der Waals surface area contributed by atoms with E-state index in [0.717, 1.165) is 12.1 Å². The summed E-state index contributed by atoms with van der Waals surface area (Å²) in [6.07, 6.45) is -0.0953. The number of likely N-dealkylation sites (N-methyl/N-ethyl adjacent to an activating group) is 1. The number of benzene rings is 1. The summed E-state index contributed by atoms with van der Waals surface area (Å²) < 4.78 is 5.35. The van der Waals surface area contributed by atoms with Crippen LogP contribution in [0.2, 0.25) is 0 Å². The van der Waals surface area contributed by atoms with Crippen LogP contribution >= 0.6 is 0 Å². The first kappa shape index (κ1) is 12.7. The van der Waals surface area contributed by atoms with Crippen LogP contribution in [-0.2, 0) is 4.74 Å². The minimum atomic E-state index is -0.243. The van der Waals surface area contributed by atoms with Gasteiger partial charge in [0.2, 0.25) is 0 Å². The van der Waals surface area contributed by atoms with E-state index < -0.39 is 0 Å². The summed E-state index contributed by atoms with van der Waals surface area (Å²) in [5.74, 6) is -0.243. The summed E-state index contributed by atoms with van der Waals surface area (Å²) in [6.45, 7) is 4.54. The molecule has 0 saturated heterocycles. The first-order valence-electron chi connectivity index (χ1n) is 5.42. The Bertz CT molecular complexity index is 361. The average Bonchev–Trinajstić information content (AvgIpc) is 2.16. The number of aryl methyl sites for hydroxylation is 1. The molecule has 3 nitrogen and oxygen atoms in total. The molecule has 0 saturated carbocycles. The molecule has 0 amide bonds. The molecule has 0 radical (unpaired) electrons. The third-order valence-corrected chi connectivity index (χ3v) is 2.30. The van der Waals surface area contributed by atoms with Gasteiger partial charge in [-0.2, -0.15) is 0 Å². The van der Waals surface area contributed by atoms with E-state index in [-0.39, 0.29) is 12.1 Å². The van der Waals surface area contributed by atoms with Crippen molar-refractivity contribution in [2.75, 3.05) is 20.6 Å². The molecule has 0 N–H and O–H groups in total. The van der Waals surface area contributed by atoms with E-state index in [1.807, 2.05) is 51.0 Å². The molecule has 0 aliphatic carbocycles. The van der Waals surface area contributed by atoms with Gasteiger partial charge in [0.15, 0.2) is 0 Å². The maximum Gasteiger partial charge on any atom is 0.338 e. The Balaban J connectivity index is 2.63. The fourth-order valence-corrected chi connectivity index (χ4v) is 1.60. The highest BCUT2D eigenvalue weighted by atomic mass is 16.5. The second-order valence-electron chi connectivity index (χ2n) is 4.29. The van der Waals surface area contributed by atoms with Crippen LogP contribution in [-0.4, -0.2) is 37.6 Å². The Hall–Kier alpha value is -1.35. The van der Waals surface area contributed by atoms with Crippen molar-refractivity contribution in [1.29, 1.82) is 0 Å². The molecule has 1 aromatic carbocycles. The zero-order valence-corrected chi connectivity index (χ0v) is 10.4. The number of carbonyl (C=O) groups excluding carboxylic acids is 1. The van der Waals surface area contributed by atoms with Gasteiger partial charge in [-0.25, -0.2) is 4.79 Å². The third kappa shape index (κ3) is 3.66. The average molecular weight is 221 g/mol. The van der Waals surface area contributed by atoms with Crippen molar-refractivity contribution in [3.8, 4) is 0 Å². The number of rotatable bonds is 4. The van der Waals surface area contributed by atoms with E-state index in [1.54, 1.807) is 6.07 Å². The molecule has 0 spiro atoms. The molecule has 0 aromatic heterocycles. The van der Waals surface area contributed by atoms with Gasteiger partial charge in [-0.1, -0.05) is 18.2 Å². The SMILES string of the molecule is Cc1ccccc1C(=O)O[C@@H](C)CN(C)C. The number of esters is 1. The molecular formula is C13H19NO2. The maximum atomic E-state index is 11.8. The molecule has 0 unspecified atom stereocenters. The first-order valence-corrected chi connectivity index (χ1v) is 5.42. The Labute approximate surface area is 97.0 Å². The number of hydrogen-bond donors (Lipinski definition) is 0. The van der Waals surface area contributed by atoms with E-state index in [0.29, 0.717) is 5.56 Å². The van der Waals surface area contributed by atoms with Crippen LogP contribution in [0.1, 0.15) is 22.8 Å². The molecule has 0 heterocycles. The van der Waals surface area contributed by atoms with Crippen LogP contribution in [0, 0.1) is 6.92 Å². The molecular weight excluding hydrogens is 202 g/mol. The highest BCUT2D eigenvalue weighted by molar-refractivity contribution is 5.91. The van der Waals surface area contributed by atoms with Gasteiger partial charge in [0, 0.05) is 6.54 Å². The van der Waals surface area contributed by atoms with Gasteiger partial charge in [-0.15, -0.1) is 0 Å². The lowest BCUT2D eigenvalue weighted by molar-refractivity contribution is 0.0288. The number of nitrogens with zero attached hydrogens (tertiary/aromatic N) is 1. The van der Waals surface area contributed by atoms with Crippen molar-refractivity contribution in [3.63, 3.8) is 0 Å². The minimum absolute atomic E-state index is 0.0953. The molecule has 88 valence electrons. The van der Waals surface area contributed by atoms with Crippen molar-refractivity contribution in [2.45, 2.75) is 20.0 Å².